The summed E-state index contributed by atoms with van der Waals surface area (Å²) >= 11 is 0. The van der Waals surface area contributed by atoms with Crippen molar-refractivity contribution in [2.24, 2.45) is 11.8 Å². The van der Waals surface area contributed by atoms with Crippen molar-refractivity contribution in [1.82, 2.24) is 0 Å². The maximum Gasteiger partial charge on any atom is 0.343 e. The van der Waals surface area contributed by atoms with Gasteiger partial charge in [-0.3, -0.25) is 0 Å². The predicted octanol–water partition coefficient (Wildman–Crippen LogP) is 5.21. The lowest BCUT2D eigenvalue weighted by Gasteiger charge is -2.48. The van der Waals surface area contributed by atoms with Gasteiger partial charge in [0.2, 0.25) is 0 Å². The average Bonchev–Trinajstić information content (AvgIpc) is 2.60. The number of hydrogen-bond acceptors (Lipinski definition) is 4. The number of phenols is 1. The van der Waals surface area contributed by atoms with Gasteiger partial charge in [-0.1, -0.05) is 32.1 Å². The zero-order valence-corrected chi connectivity index (χ0v) is 16.1. The Balaban J connectivity index is 1.70. The van der Waals surface area contributed by atoms with Gasteiger partial charge in [0.1, 0.15) is 22.9 Å². The van der Waals surface area contributed by atoms with Crippen LogP contribution in [0.2, 0.25) is 0 Å². The smallest absolute Gasteiger partial charge is 0.343 e. The van der Waals surface area contributed by atoms with Gasteiger partial charge in [0.25, 0.3) is 0 Å². The molecule has 0 spiro atoms. The van der Waals surface area contributed by atoms with Crippen molar-refractivity contribution in [3.05, 3.63) is 57.6 Å². The molecule has 1 aliphatic heterocycles. The van der Waals surface area contributed by atoms with E-state index >= 15 is 0 Å². The first kappa shape index (κ1) is 17.9. The van der Waals surface area contributed by atoms with Crippen LogP contribution >= 0.6 is 0 Å². The first-order chi connectivity index (χ1) is 12.8. The number of ether oxygens (including phenoxy) is 1. The van der Waals surface area contributed by atoms with E-state index in [-0.39, 0.29) is 22.9 Å². The quantitative estimate of drug-likeness (QED) is 0.810. The molecule has 1 saturated carbocycles. The zero-order valence-electron chi connectivity index (χ0n) is 16.1. The Kier molecular flexibility index (Phi) is 4.37. The van der Waals surface area contributed by atoms with E-state index in [1.165, 1.54) is 0 Å². The van der Waals surface area contributed by atoms with Crippen LogP contribution < -0.4 is 10.4 Å². The minimum Gasteiger partial charge on any atom is -0.508 e. The lowest BCUT2D eigenvalue weighted by atomic mass is 9.64. The lowest BCUT2D eigenvalue weighted by molar-refractivity contribution is -0.00977. The monoisotopic (exact) mass is 366 g/mol. The van der Waals surface area contributed by atoms with E-state index in [2.05, 4.69) is 20.8 Å². The number of benzene rings is 1. The van der Waals surface area contributed by atoms with Crippen LogP contribution in [0.4, 0.5) is 0 Å². The third kappa shape index (κ3) is 3.41. The summed E-state index contributed by atoms with van der Waals surface area (Å²) < 4.78 is 11.9. The van der Waals surface area contributed by atoms with E-state index in [9.17, 15) is 9.90 Å². The molecule has 4 heteroatoms. The molecule has 142 valence electrons. The highest BCUT2D eigenvalue weighted by Crippen LogP contribution is 2.52. The first-order valence-corrected chi connectivity index (χ1v) is 9.69. The maximum atomic E-state index is 12.8. The highest BCUT2D eigenvalue weighted by atomic mass is 16.5. The van der Waals surface area contributed by atoms with Gasteiger partial charge in [0.15, 0.2) is 0 Å². The molecule has 2 aliphatic rings. The summed E-state index contributed by atoms with van der Waals surface area (Å²) in [6, 6.07) is 8.70. The van der Waals surface area contributed by atoms with Crippen LogP contribution in [0.5, 0.6) is 11.5 Å². The average molecular weight is 366 g/mol. The summed E-state index contributed by atoms with van der Waals surface area (Å²) in [7, 11) is 0. The van der Waals surface area contributed by atoms with E-state index in [0.29, 0.717) is 28.9 Å². The third-order valence-electron chi connectivity index (χ3n) is 6.06. The van der Waals surface area contributed by atoms with Crippen LogP contribution in [-0.2, 0) is 0 Å². The Bertz CT molecular complexity index is 922. The second kappa shape index (κ2) is 6.59. The molecule has 1 aliphatic carbocycles. The highest BCUT2D eigenvalue weighted by molar-refractivity contribution is 5.68. The van der Waals surface area contributed by atoms with Crippen LogP contribution in [-0.4, -0.2) is 10.7 Å². The van der Waals surface area contributed by atoms with E-state index in [1.807, 2.05) is 12.1 Å². The topological polar surface area (TPSA) is 59.7 Å². The molecular weight excluding hydrogens is 340 g/mol. The normalized spacial score (nSPS) is 26.8. The molecule has 1 N–H and O–H groups in total. The molecule has 3 atom stereocenters. The third-order valence-corrected chi connectivity index (χ3v) is 6.06. The summed E-state index contributed by atoms with van der Waals surface area (Å²) in [6.07, 6.45) is 6.61. The van der Waals surface area contributed by atoms with Crippen LogP contribution in [0.15, 0.2) is 39.5 Å². The van der Waals surface area contributed by atoms with Gasteiger partial charge in [-0.05, 0) is 61.8 Å². The standard InChI is InChI=1S/C23H26O4/c1-14(2)18-10-11-23(3)13-19(18)21-20(27-23)12-17(26-22(21)25)9-6-15-4-7-16(24)8-5-15/h4-9,12,14,18-19,24H,10-11,13H2,1-3H3/b9-6+/t18-,19+,23+/m1/s1. The van der Waals surface area contributed by atoms with Crippen LogP contribution in [0.25, 0.3) is 12.2 Å². The molecule has 2 aromatic rings. The van der Waals surface area contributed by atoms with Crippen LogP contribution in [0, 0.1) is 11.8 Å². The minimum atomic E-state index is -0.280. The SMILES string of the molecule is CC(C)[C@H]1CC[C@@]2(C)C[C@@H]1c1c(cc(/C=C/c3ccc(O)cc3)oc1=O)O2. The second-order valence-electron chi connectivity index (χ2n) is 8.45. The molecule has 27 heavy (non-hydrogen) atoms. The molecule has 1 aromatic carbocycles. The number of hydrogen-bond donors (Lipinski definition) is 1. The van der Waals surface area contributed by atoms with Gasteiger partial charge in [-0.15, -0.1) is 0 Å². The Morgan fingerprint density at radius 2 is 1.96 bits per heavy atom. The van der Waals surface area contributed by atoms with E-state index < -0.39 is 0 Å². The fourth-order valence-corrected chi connectivity index (χ4v) is 4.63. The molecule has 0 saturated heterocycles. The predicted molar refractivity (Wildman–Crippen MR) is 106 cm³/mol. The van der Waals surface area contributed by atoms with Gasteiger partial charge in [-0.2, -0.15) is 0 Å². The fraction of sp³-hybridized carbons (Fsp3) is 0.435. The Morgan fingerprint density at radius 1 is 1.22 bits per heavy atom. The van der Waals surface area contributed by atoms with Gasteiger partial charge in [0.05, 0.1) is 5.56 Å². The Hall–Kier alpha value is -2.49. The Morgan fingerprint density at radius 3 is 2.67 bits per heavy atom. The summed E-state index contributed by atoms with van der Waals surface area (Å²) in [6.45, 7) is 6.62. The molecule has 4 rings (SSSR count). The van der Waals surface area contributed by atoms with E-state index in [1.54, 1.807) is 30.3 Å². The second-order valence-corrected chi connectivity index (χ2v) is 8.45. The molecule has 0 amide bonds. The number of aromatic hydroxyl groups is 1. The Labute approximate surface area is 159 Å². The zero-order chi connectivity index (χ0) is 19.2. The van der Waals surface area contributed by atoms with Gasteiger partial charge in [-0.25, -0.2) is 4.79 Å². The van der Waals surface area contributed by atoms with Crippen molar-refractivity contribution >= 4 is 12.2 Å². The van der Waals surface area contributed by atoms with Gasteiger partial charge < -0.3 is 14.3 Å². The largest absolute Gasteiger partial charge is 0.508 e. The van der Waals surface area contributed by atoms with Gasteiger partial charge in [0, 0.05) is 12.0 Å². The maximum absolute atomic E-state index is 12.8. The highest BCUT2D eigenvalue weighted by Gasteiger charge is 2.47. The van der Waals surface area contributed by atoms with Crippen molar-refractivity contribution in [2.45, 2.75) is 51.6 Å². The molecule has 4 nitrogen and oxygen atoms in total. The summed E-state index contributed by atoms with van der Waals surface area (Å²) in [4.78, 5) is 12.8. The molecule has 1 fully saturated rings. The van der Waals surface area contributed by atoms with Gasteiger partial charge >= 0.3 is 5.63 Å². The van der Waals surface area contributed by atoms with Crippen molar-refractivity contribution in [3.8, 4) is 11.5 Å². The van der Waals surface area contributed by atoms with Crippen molar-refractivity contribution in [2.75, 3.05) is 0 Å². The summed E-state index contributed by atoms with van der Waals surface area (Å²) in [5.74, 6) is 2.61. The fourth-order valence-electron chi connectivity index (χ4n) is 4.63. The summed E-state index contributed by atoms with van der Waals surface area (Å²) in [5.41, 5.74) is 1.15. The minimum absolute atomic E-state index is 0.200. The van der Waals surface area contributed by atoms with Crippen LogP contribution in [0.3, 0.4) is 0 Å². The summed E-state index contributed by atoms with van der Waals surface area (Å²) in [5, 5.41) is 9.37. The molecule has 0 radical (unpaired) electrons. The van der Waals surface area contributed by atoms with Crippen molar-refractivity contribution in [3.63, 3.8) is 0 Å². The number of rotatable bonds is 3. The lowest BCUT2D eigenvalue weighted by Crippen LogP contribution is -2.46. The van der Waals surface area contributed by atoms with E-state index in [0.717, 1.165) is 24.8 Å². The van der Waals surface area contributed by atoms with Crippen molar-refractivity contribution < 1.29 is 14.3 Å². The first-order valence-electron chi connectivity index (χ1n) is 9.69. The molecular formula is C23H26O4. The number of fused-ring (bicyclic) bond motifs is 4. The van der Waals surface area contributed by atoms with Crippen molar-refractivity contribution in [1.29, 1.82) is 0 Å². The molecule has 1 aromatic heterocycles. The molecule has 0 unspecified atom stereocenters. The van der Waals surface area contributed by atoms with Crippen LogP contribution in [0.1, 0.15) is 62.8 Å². The number of phenolic OH excluding ortho intramolecular Hbond substituents is 1. The molecule has 2 bridgehead atoms. The van der Waals surface area contributed by atoms with E-state index in [4.69, 9.17) is 9.15 Å². The molecule has 2 heterocycles.